The number of terminal acetylenes is 1. The number of halogens is 1. The number of anilines is 3. The standard InChI is InChI=1S/C28H26ClN3O2/c1-5-20-9-11-24(16-26(20)29)31-27-13-17(2)32(19(4)34)28-12-10-22(15-25(27)28)21-7-6-8-23(14-21)30-18(3)33/h1,6-12,14-17,27,31H,13H2,2-4H3,(H,30,33)/t17-,27+/m0/s1. The predicted molar refractivity (Wildman–Crippen MR) is 139 cm³/mol. The van der Waals surface area contributed by atoms with Crippen molar-refractivity contribution in [1.29, 1.82) is 0 Å². The van der Waals surface area contributed by atoms with Gasteiger partial charge in [0.05, 0.1) is 11.1 Å². The maximum Gasteiger partial charge on any atom is 0.224 e. The summed E-state index contributed by atoms with van der Waals surface area (Å²) < 4.78 is 0. The summed E-state index contributed by atoms with van der Waals surface area (Å²) in [4.78, 5) is 25.8. The van der Waals surface area contributed by atoms with E-state index in [9.17, 15) is 9.59 Å². The fraction of sp³-hybridized carbons (Fsp3) is 0.214. The van der Waals surface area contributed by atoms with E-state index in [2.05, 4.69) is 29.5 Å². The van der Waals surface area contributed by atoms with Crippen molar-refractivity contribution in [3.05, 3.63) is 76.8 Å². The number of nitrogens with one attached hydrogen (secondary N) is 2. The summed E-state index contributed by atoms with van der Waals surface area (Å²) in [5.41, 5.74) is 6.12. The van der Waals surface area contributed by atoms with Crippen LogP contribution < -0.4 is 15.5 Å². The molecule has 0 saturated heterocycles. The van der Waals surface area contributed by atoms with Gasteiger partial charge in [0.1, 0.15) is 0 Å². The van der Waals surface area contributed by atoms with E-state index in [1.807, 2.05) is 59.5 Å². The average Bonchev–Trinajstić information content (AvgIpc) is 2.78. The fourth-order valence-electron chi connectivity index (χ4n) is 4.56. The minimum atomic E-state index is -0.118. The molecule has 0 radical (unpaired) electrons. The zero-order chi connectivity index (χ0) is 24.4. The largest absolute Gasteiger partial charge is 0.378 e. The molecule has 2 atom stereocenters. The third-order valence-electron chi connectivity index (χ3n) is 6.00. The van der Waals surface area contributed by atoms with E-state index in [0.717, 1.165) is 40.2 Å². The molecule has 0 spiro atoms. The van der Waals surface area contributed by atoms with Crippen molar-refractivity contribution in [1.82, 2.24) is 0 Å². The average molecular weight is 472 g/mol. The Bertz CT molecular complexity index is 1310. The van der Waals surface area contributed by atoms with Gasteiger partial charge < -0.3 is 15.5 Å². The van der Waals surface area contributed by atoms with Gasteiger partial charge in [0.25, 0.3) is 0 Å². The molecule has 0 aliphatic carbocycles. The topological polar surface area (TPSA) is 61.4 Å². The molecule has 1 aliphatic rings. The van der Waals surface area contributed by atoms with Crippen molar-refractivity contribution >= 4 is 40.5 Å². The second-order valence-corrected chi connectivity index (χ2v) is 8.95. The number of nitrogens with zero attached hydrogens (tertiary/aromatic N) is 1. The van der Waals surface area contributed by atoms with Gasteiger partial charge >= 0.3 is 0 Å². The van der Waals surface area contributed by atoms with Gasteiger partial charge in [0.15, 0.2) is 0 Å². The van der Waals surface area contributed by atoms with Crippen molar-refractivity contribution in [2.24, 2.45) is 0 Å². The highest BCUT2D eigenvalue weighted by Crippen LogP contribution is 2.41. The van der Waals surface area contributed by atoms with Crippen LogP contribution in [0, 0.1) is 12.3 Å². The minimum Gasteiger partial charge on any atom is -0.378 e. The summed E-state index contributed by atoms with van der Waals surface area (Å²) in [7, 11) is 0. The van der Waals surface area contributed by atoms with Crippen LogP contribution in [0.3, 0.4) is 0 Å². The molecule has 172 valence electrons. The Hall–Kier alpha value is -3.75. The fourth-order valence-corrected chi connectivity index (χ4v) is 4.80. The molecule has 2 N–H and O–H groups in total. The van der Waals surface area contributed by atoms with Crippen LogP contribution in [-0.4, -0.2) is 17.9 Å². The van der Waals surface area contributed by atoms with Gasteiger partial charge in [-0.05, 0) is 72.5 Å². The number of rotatable bonds is 4. The highest BCUT2D eigenvalue weighted by atomic mass is 35.5. The molecule has 34 heavy (non-hydrogen) atoms. The lowest BCUT2D eigenvalue weighted by Gasteiger charge is -2.40. The second kappa shape index (κ2) is 9.62. The molecule has 1 heterocycles. The molecule has 0 fully saturated rings. The maximum atomic E-state index is 12.5. The molecule has 0 unspecified atom stereocenters. The molecule has 0 saturated carbocycles. The summed E-state index contributed by atoms with van der Waals surface area (Å²) in [6.07, 6.45) is 6.24. The number of carbonyl (C=O) groups is 2. The van der Waals surface area contributed by atoms with Crippen LogP contribution in [0.1, 0.15) is 44.4 Å². The van der Waals surface area contributed by atoms with Crippen molar-refractivity contribution < 1.29 is 9.59 Å². The maximum absolute atomic E-state index is 12.5. The van der Waals surface area contributed by atoms with Crippen LogP contribution in [0.4, 0.5) is 17.1 Å². The van der Waals surface area contributed by atoms with Crippen LogP contribution >= 0.6 is 11.6 Å². The molecule has 3 aromatic carbocycles. The minimum absolute atomic E-state index is 0.00835. The van der Waals surface area contributed by atoms with E-state index in [0.29, 0.717) is 10.6 Å². The number of hydrogen-bond acceptors (Lipinski definition) is 3. The van der Waals surface area contributed by atoms with Crippen molar-refractivity contribution in [2.45, 2.75) is 39.3 Å². The number of benzene rings is 3. The first-order valence-corrected chi connectivity index (χ1v) is 11.5. The number of carbonyl (C=O) groups excluding carboxylic acids is 2. The van der Waals surface area contributed by atoms with Crippen molar-refractivity contribution in [2.75, 3.05) is 15.5 Å². The highest BCUT2D eigenvalue weighted by Gasteiger charge is 2.32. The Morgan fingerprint density at radius 2 is 1.79 bits per heavy atom. The first kappa shape index (κ1) is 23.4. The van der Waals surface area contributed by atoms with E-state index in [4.69, 9.17) is 18.0 Å². The van der Waals surface area contributed by atoms with E-state index in [1.54, 1.807) is 6.92 Å². The molecule has 2 amide bonds. The van der Waals surface area contributed by atoms with E-state index < -0.39 is 0 Å². The van der Waals surface area contributed by atoms with Crippen LogP contribution in [-0.2, 0) is 9.59 Å². The summed E-state index contributed by atoms with van der Waals surface area (Å²) in [6.45, 7) is 5.14. The Morgan fingerprint density at radius 1 is 1.03 bits per heavy atom. The zero-order valence-corrected chi connectivity index (χ0v) is 20.1. The monoisotopic (exact) mass is 471 g/mol. The molecule has 1 aliphatic heterocycles. The van der Waals surface area contributed by atoms with Gasteiger partial charge in [-0.15, -0.1) is 6.42 Å². The molecule has 5 nitrogen and oxygen atoms in total. The van der Waals surface area contributed by atoms with Crippen molar-refractivity contribution in [3.8, 4) is 23.5 Å². The van der Waals surface area contributed by atoms with Gasteiger partial charge in [0, 0.05) is 42.5 Å². The molecule has 0 aromatic heterocycles. The molecule has 4 rings (SSSR count). The smallest absolute Gasteiger partial charge is 0.224 e. The Labute approximate surface area is 205 Å². The summed E-state index contributed by atoms with van der Waals surface area (Å²) >= 11 is 6.33. The third-order valence-corrected chi connectivity index (χ3v) is 6.31. The predicted octanol–water partition coefficient (Wildman–Crippen LogP) is 6.25. The van der Waals surface area contributed by atoms with Gasteiger partial charge in [-0.1, -0.05) is 35.7 Å². The van der Waals surface area contributed by atoms with Crippen LogP contribution in [0.5, 0.6) is 0 Å². The molecular formula is C28H26ClN3O2. The highest BCUT2D eigenvalue weighted by molar-refractivity contribution is 6.32. The lowest BCUT2D eigenvalue weighted by Crippen LogP contribution is -2.43. The number of hydrogen-bond donors (Lipinski definition) is 2. The first-order valence-electron chi connectivity index (χ1n) is 11.1. The quantitative estimate of drug-likeness (QED) is 0.442. The number of amides is 2. The van der Waals surface area contributed by atoms with Crippen LogP contribution in [0.25, 0.3) is 11.1 Å². The zero-order valence-electron chi connectivity index (χ0n) is 19.4. The van der Waals surface area contributed by atoms with Crippen molar-refractivity contribution in [3.63, 3.8) is 0 Å². The Morgan fingerprint density at radius 3 is 2.47 bits per heavy atom. The summed E-state index contributed by atoms with van der Waals surface area (Å²) in [5.74, 6) is 2.47. The van der Waals surface area contributed by atoms with Gasteiger partial charge in [-0.2, -0.15) is 0 Å². The summed E-state index contributed by atoms with van der Waals surface area (Å²) in [6, 6.07) is 19.4. The van der Waals surface area contributed by atoms with Gasteiger partial charge in [-0.25, -0.2) is 0 Å². The molecule has 6 heteroatoms. The first-order chi connectivity index (χ1) is 16.3. The SMILES string of the molecule is C#Cc1ccc(N[C@@H]2C[C@H](C)N(C(C)=O)c3ccc(-c4cccc(NC(C)=O)c4)cc32)cc1Cl. The normalized spacial score (nSPS) is 16.9. The van der Waals surface area contributed by atoms with Crippen LogP contribution in [0.15, 0.2) is 60.7 Å². The van der Waals surface area contributed by atoms with E-state index in [1.165, 1.54) is 6.92 Å². The van der Waals surface area contributed by atoms with E-state index in [-0.39, 0.29) is 23.9 Å². The molecular weight excluding hydrogens is 446 g/mol. The van der Waals surface area contributed by atoms with Gasteiger partial charge in [-0.3, -0.25) is 9.59 Å². The molecule has 0 bridgehead atoms. The van der Waals surface area contributed by atoms with Crippen LogP contribution in [0.2, 0.25) is 5.02 Å². The van der Waals surface area contributed by atoms with Gasteiger partial charge in [0.2, 0.25) is 11.8 Å². The second-order valence-electron chi connectivity index (χ2n) is 8.55. The number of fused-ring (bicyclic) bond motifs is 1. The summed E-state index contributed by atoms with van der Waals surface area (Å²) in [5, 5.41) is 6.94. The third kappa shape index (κ3) is 4.78. The van der Waals surface area contributed by atoms with E-state index >= 15 is 0 Å². The Balaban J connectivity index is 1.76. The lowest BCUT2D eigenvalue weighted by molar-refractivity contribution is -0.117. The molecule has 3 aromatic rings. The lowest BCUT2D eigenvalue weighted by atomic mass is 9.88. The Kier molecular flexibility index (Phi) is 6.63.